The Balaban J connectivity index is 2.03. The maximum absolute atomic E-state index is 9.73. The predicted molar refractivity (Wildman–Crippen MR) is 110 cm³/mol. The fourth-order valence-corrected chi connectivity index (χ4v) is 3.06. The number of rotatable bonds is 6. The molecular weight excluding hydrogens is 404 g/mol. The second-order valence-electron chi connectivity index (χ2n) is 5.97. The molecule has 2 aromatic carbocycles. The second kappa shape index (κ2) is 8.65. The molecular formula is C21H19BrN4O. The Bertz CT molecular complexity index is 1000. The lowest BCUT2D eigenvalue weighted by Gasteiger charge is -2.09. The second-order valence-corrected chi connectivity index (χ2v) is 6.89. The first-order chi connectivity index (χ1) is 13.1. The third kappa shape index (κ3) is 4.26. The first-order valence-electron chi connectivity index (χ1n) is 8.63. The molecule has 3 rings (SSSR count). The molecule has 0 saturated carbocycles. The summed E-state index contributed by atoms with van der Waals surface area (Å²) in [7, 11) is 1.86. The summed E-state index contributed by atoms with van der Waals surface area (Å²) in [6.07, 6.45) is 2.70. The molecule has 0 saturated heterocycles. The van der Waals surface area contributed by atoms with E-state index in [-0.39, 0.29) is 0 Å². The maximum Gasteiger partial charge on any atom is 0.174 e. The number of hydrogen-bond acceptors (Lipinski definition) is 4. The van der Waals surface area contributed by atoms with E-state index in [1.807, 2.05) is 60.1 Å². The van der Waals surface area contributed by atoms with Gasteiger partial charge in [-0.3, -0.25) is 0 Å². The van der Waals surface area contributed by atoms with Crippen molar-refractivity contribution in [1.29, 1.82) is 5.26 Å². The van der Waals surface area contributed by atoms with E-state index in [0.717, 1.165) is 27.8 Å². The number of benzene rings is 2. The molecule has 0 bridgehead atoms. The molecule has 0 fully saturated rings. The van der Waals surface area contributed by atoms with E-state index >= 15 is 0 Å². The standard InChI is InChI=1S/C21H19BrN4O/c1-3-11-27-19-10-9-18(22)13-16(19)12-17(14-23)21-25-24-20(26(21)2)15-7-5-4-6-8-15/h4-10,12-13H,3,11H2,1-2H3/b17-12+. The number of ether oxygens (including phenoxy) is 1. The number of aromatic nitrogens is 3. The molecule has 0 radical (unpaired) electrons. The van der Waals surface area contributed by atoms with Crippen molar-refractivity contribution in [2.75, 3.05) is 6.61 Å². The fraction of sp³-hybridized carbons (Fsp3) is 0.190. The van der Waals surface area contributed by atoms with Crippen LogP contribution in [0, 0.1) is 11.3 Å². The zero-order valence-corrected chi connectivity index (χ0v) is 16.8. The summed E-state index contributed by atoms with van der Waals surface area (Å²) in [5.41, 5.74) is 2.19. The number of nitrogens with zero attached hydrogens (tertiary/aromatic N) is 4. The molecule has 0 N–H and O–H groups in total. The SMILES string of the molecule is CCCOc1ccc(Br)cc1/C=C(\C#N)c1nnc(-c2ccccc2)n1C. The first kappa shape index (κ1) is 18.9. The molecule has 5 nitrogen and oxygen atoms in total. The van der Waals surface area contributed by atoms with E-state index in [9.17, 15) is 5.26 Å². The molecule has 27 heavy (non-hydrogen) atoms. The number of halogens is 1. The van der Waals surface area contributed by atoms with Crippen LogP contribution in [0.5, 0.6) is 5.75 Å². The minimum Gasteiger partial charge on any atom is -0.493 e. The van der Waals surface area contributed by atoms with Gasteiger partial charge in [0.05, 0.1) is 12.2 Å². The van der Waals surface area contributed by atoms with Crippen LogP contribution in [0.15, 0.2) is 53.0 Å². The van der Waals surface area contributed by atoms with Gasteiger partial charge in [-0.1, -0.05) is 53.2 Å². The summed E-state index contributed by atoms with van der Waals surface area (Å²) in [4.78, 5) is 0. The van der Waals surface area contributed by atoms with Crippen LogP contribution in [-0.2, 0) is 7.05 Å². The minimum atomic E-state index is 0.423. The summed E-state index contributed by atoms with van der Waals surface area (Å²) in [6, 6.07) is 17.8. The number of allylic oxidation sites excluding steroid dienone is 1. The molecule has 0 unspecified atom stereocenters. The minimum absolute atomic E-state index is 0.423. The molecule has 6 heteroatoms. The Hall–Kier alpha value is -2.91. The van der Waals surface area contributed by atoms with Crippen LogP contribution in [0.25, 0.3) is 23.0 Å². The van der Waals surface area contributed by atoms with E-state index in [1.165, 1.54) is 0 Å². The predicted octanol–water partition coefficient (Wildman–Crippen LogP) is 5.10. The molecule has 1 aromatic heterocycles. The molecule has 1 heterocycles. The highest BCUT2D eigenvalue weighted by Gasteiger charge is 2.15. The monoisotopic (exact) mass is 422 g/mol. The summed E-state index contributed by atoms with van der Waals surface area (Å²) in [5, 5.41) is 18.2. The Morgan fingerprint density at radius 3 is 2.70 bits per heavy atom. The topological polar surface area (TPSA) is 63.7 Å². The molecule has 0 aliphatic heterocycles. The van der Waals surface area contributed by atoms with Crippen molar-refractivity contribution in [3.05, 3.63) is 64.4 Å². The van der Waals surface area contributed by atoms with Gasteiger partial charge in [0.1, 0.15) is 11.8 Å². The smallest absolute Gasteiger partial charge is 0.174 e. The highest BCUT2D eigenvalue weighted by Crippen LogP contribution is 2.28. The van der Waals surface area contributed by atoms with Gasteiger partial charge in [-0.25, -0.2) is 0 Å². The van der Waals surface area contributed by atoms with Gasteiger partial charge in [0.2, 0.25) is 0 Å². The molecule has 0 spiro atoms. The van der Waals surface area contributed by atoms with Crippen LogP contribution in [-0.4, -0.2) is 21.4 Å². The van der Waals surface area contributed by atoms with Gasteiger partial charge in [0, 0.05) is 22.6 Å². The highest BCUT2D eigenvalue weighted by molar-refractivity contribution is 9.10. The normalized spacial score (nSPS) is 11.3. The average molecular weight is 423 g/mol. The van der Waals surface area contributed by atoms with Crippen molar-refractivity contribution in [2.24, 2.45) is 7.05 Å². The summed E-state index contributed by atoms with van der Waals surface area (Å²) in [5.74, 6) is 1.96. The number of hydrogen-bond donors (Lipinski definition) is 0. The molecule has 0 aliphatic rings. The maximum atomic E-state index is 9.73. The van der Waals surface area contributed by atoms with Crippen molar-refractivity contribution < 1.29 is 4.74 Å². The van der Waals surface area contributed by atoms with Gasteiger partial charge < -0.3 is 9.30 Å². The van der Waals surface area contributed by atoms with E-state index in [2.05, 4.69) is 39.1 Å². The van der Waals surface area contributed by atoms with Crippen LogP contribution in [0.3, 0.4) is 0 Å². The molecule has 136 valence electrons. The van der Waals surface area contributed by atoms with E-state index in [0.29, 0.717) is 23.8 Å². The van der Waals surface area contributed by atoms with Gasteiger partial charge in [-0.05, 0) is 30.7 Å². The van der Waals surface area contributed by atoms with Gasteiger partial charge in [0.15, 0.2) is 11.6 Å². The van der Waals surface area contributed by atoms with E-state index < -0.39 is 0 Å². The van der Waals surface area contributed by atoms with Gasteiger partial charge in [-0.2, -0.15) is 5.26 Å². The van der Waals surface area contributed by atoms with Crippen molar-refractivity contribution in [3.8, 4) is 23.2 Å². The lowest BCUT2D eigenvalue weighted by Crippen LogP contribution is -2.00. The van der Waals surface area contributed by atoms with Crippen molar-refractivity contribution >= 4 is 27.6 Å². The Labute approximate surface area is 167 Å². The summed E-state index contributed by atoms with van der Waals surface area (Å²) < 4.78 is 8.55. The first-order valence-corrected chi connectivity index (χ1v) is 9.42. The van der Waals surface area contributed by atoms with Crippen molar-refractivity contribution in [2.45, 2.75) is 13.3 Å². The third-order valence-corrected chi connectivity index (χ3v) is 4.49. The van der Waals surface area contributed by atoms with E-state index in [4.69, 9.17) is 4.74 Å². The van der Waals surface area contributed by atoms with Crippen LogP contribution < -0.4 is 4.74 Å². The Morgan fingerprint density at radius 1 is 1.22 bits per heavy atom. The van der Waals surface area contributed by atoms with Crippen LogP contribution in [0.4, 0.5) is 0 Å². The van der Waals surface area contributed by atoms with E-state index in [1.54, 1.807) is 6.08 Å². The zero-order chi connectivity index (χ0) is 19.2. The number of nitriles is 1. The summed E-state index contributed by atoms with van der Waals surface area (Å²) >= 11 is 3.48. The lowest BCUT2D eigenvalue weighted by molar-refractivity contribution is 0.317. The van der Waals surface area contributed by atoms with Crippen LogP contribution >= 0.6 is 15.9 Å². The highest BCUT2D eigenvalue weighted by atomic mass is 79.9. The van der Waals surface area contributed by atoms with Gasteiger partial charge in [-0.15, -0.1) is 10.2 Å². The quantitative estimate of drug-likeness (QED) is 0.518. The molecule has 0 atom stereocenters. The Morgan fingerprint density at radius 2 is 2.00 bits per heavy atom. The fourth-order valence-electron chi connectivity index (χ4n) is 2.68. The van der Waals surface area contributed by atoms with Gasteiger partial charge >= 0.3 is 0 Å². The Kier molecular flexibility index (Phi) is 6.05. The largest absolute Gasteiger partial charge is 0.493 e. The molecule has 3 aromatic rings. The lowest BCUT2D eigenvalue weighted by atomic mass is 10.1. The van der Waals surface area contributed by atoms with Crippen molar-refractivity contribution in [1.82, 2.24) is 14.8 Å². The van der Waals surface area contributed by atoms with Crippen LogP contribution in [0.2, 0.25) is 0 Å². The average Bonchev–Trinajstić information content (AvgIpc) is 3.07. The zero-order valence-electron chi connectivity index (χ0n) is 15.2. The third-order valence-electron chi connectivity index (χ3n) is 4.00. The van der Waals surface area contributed by atoms with Crippen molar-refractivity contribution in [3.63, 3.8) is 0 Å². The summed E-state index contributed by atoms with van der Waals surface area (Å²) in [6.45, 7) is 2.67. The molecule has 0 aliphatic carbocycles. The molecule has 0 amide bonds. The van der Waals surface area contributed by atoms with Crippen LogP contribution in [0.1, 0.15) is 24.7 Å². The van der Waals surface area contributed by atoms with Gasteiger partial charge in [0.25, 0.3) is 0 Å².